The molecule has 0 bridgehead atoms. The van der Waals surface area contributed by atoms with Gasteiger partial charge in [-0.2, -0.15) is 28.6 Å². The van der Waals surface area contributed by atoms with Crippen molar-refractivity contribution in [3.63, 3.8) is 0 Å². The van der Waals surface area contributed by atoms with E-state index in [0.29, 0.717) is 61.9 Å². The van der Waals surface area contributed by atoms with Gasteiger partial charge in [0.1, 0.15) is 17.6 Å². The highest BCUT2D eigenvalue weighted by atomic mass is 35.5. The highest BCUT2D eigenvalue weighted by Gasteiger charge is 2.32. The topological polar surface area (TPSA) is 94.7 Å². The number of halogens is 4. The van der Waals surface area contributed by atoms with Gasteiger partial charge in [0.25, 0.3) is 5.91 Å². The number of nitrogens with one attached hydrogen (secondary N) is 1. The maximum Gasteiger partial charge on any atom is 0.416 e. The highest BCUT2D eigenvalue weighted by Crippen LogP contribution is 2.32. The van der Waals surface area contributed by atoms with Crippen LogP contribution in [0.5, 0.6) is 0 Å². The van der Waals surface area contributed by atoms with Gasteiger partial charge in [0.2, 0.25) is 0 Å². The molecule has 1 aromatic heterocycles. The van der Waals surface area contributed by atoms with E-state index in [1.165, 1.54) is 6.07 Å². The first-order valence-electron chi connectivity index (χ1n) is 12.3. The van der Waals surface area contributed by atoms with Crippen molar-refractivity contribution < 1.29 is 27.5 Å². The summed E-state index contributed by atoms with van der Waals surface area (Å²) in [6, 6.07) is 8.71. The highest BCUT2D eigenvalue weighted by molar-refractivity contribution is 6.30. The van der Waals surface area contributed by atoms with Crippen LogP contribution in [-0.4, -0.2) is 87.4 Å². The predicted octanol–water partition coefficient (Wildman–Crippen LogP) is 4.19. The normalized spacial score (nSPS) is 17.7. The monoisotopic (exact) mass is 550 g/mol. The summed E-state index contributed by atoms with van der Waals surface area (Å²) in [6.45, 7) is 3.22. The molecule has 3 heterocycles. The third-order valence-electron chi connectivity index (χ3n) is 7.05. The number of aromatic nitrogens is 3. The van der Waals surface area contributed by atoms with Gasteiger partial charge in [-0.05, 0) is 54.8 Å². The number of likely N-dealkylation sites (tertiary alicyclic amines) is 1. The number of hydrogen-bond acceptors (Lipinski definition) is 6. The van der Waals surface area contributed by atoms with Gasteiger partial charge >= 0.3 is 12.3 Å². The van der Waals surface area contributed by atoms with Gasteiger partial charge in [0, 0.05) is 55.9 Å². The Morgan fingerprint density at radius 3 is 2.37 bits per heavy atom. The number of ether oxygens (including phenoxy) is 1. The maximum absolute atomic E-state index is 13.0. The van der Waals surface area contributed by atoms with E-state index >= 15 is 0 Å². The lowest BCUT2D eigenvalue weighted by atomic mass is 10.0. The molecule has 0 unspecified atom stereocenters. The first-order chi connectivity index (χ1) is 18.2. The van der Waals surface area contributed by atoms with Crippen molar-refractivity contribution in [2.45, 2.75) is 31.7 Å². The number of carbonyl (C=O) groups excluding carboxylic acids is 2. The van der Waals surface area contributed by atoms with Gasteiger partial charge in [-0.3, -0.25) is 9.69 Å². The number of piperazine rings is 1. The van der Waals surface area contributed by atoms with E-state index in [0.717, 1.165) is 25.0 Å². The molecule has 0 aliphatic carbocycles. The van der Waals surface area contributed by atoms with E-state index in [1.54, 1.807) is 23.1 Å². The summed E-state index contributed by atoms with van der Waals surface area (Å²) < 4.78 is 44.3. The number of benzene rings is 2. The molecule has 2 aliphatic rings. The molecule has 0 spiro atoms. The minimum atomic E-state index is -4.53. The smallest absolute Gasteiger partial charge is 0.416 e. The summed E-state index contributed by atoms with van der Waals surface area (Å²) in [7, 11) is 0. The van der Waals surface area contributed by atoms with Gasteiger partial charge in [-0.25, -0.2) is 4.79 Å². The molecule has 0 saturated carbocycles. The Kier molecular flexibility index (Phi) is 7.44. The van der Waals surface area contributed by atoms with Crippen molar-refractivity contribution in [2.24, 2.45) is 0 Å². The third kappa shape index (κ3) is 5.86. The zero-order chi connectivity index (χ0) is 26.9. The molecular formula is C25H26ClF3N6O3. The average molecular weight is 551 g/mol. The van der Waals surface area contributed by atoms with Gasteiger partial charge in [0.15, 0.2) is 0 Å². The largest absolute Gasteiger partial charge is 0.445 e. The van der Waals surface area contributed by atoms with Crippen LogP contribution in [0, 0.1) is 0 Å². The van der Waals surface area contributed by atoms with Gasteiger partial charge in [-0.1, -0.05) is 11.6 Å². The van der Waals surface area contributed by atoms with Crippen LogP contribution >= 0.6 is 11.6 Å². The molecule has 0 radical (unpaired) electrons. The van der Waals surface area contributed by atoms with Gasteiger partial charge in [-0.15, -0.1) is 0 Å². The number of alkyl halides is 3. The van der Waals surface area contributed by atoms with Gasteiger partial charge < -0.3 is 14.5 Å². The molecule has 2 saturated heterocycles. The molecule has 9 nitrogen and oxygen atoms in total. The molecule has 5 rings (SSSR count). The fourth-order valence-electron chi connectivity index (χ4n) is 4.99. The molecule has 13 heteroatoms. The van der Waals surface area contributed by atoms with Crippen LogP contribution in [0.2, 0.25) is 5.02 Å². The SMILES string of the molecule is O=C(OCc1cc(Cl)cc(C(F)(F)F)c1)N1CCN(C2CCN(C(=O)c3ccc4n[nH]nc4c3)CC2)CC1. The summed E-state index contributed by atoms with van der Waals surface area (Å²) in [5, 5.41) is 10.5. The minimum Gasteiger partial charge on any atom is -0.445 e. The number of hydrogen-bond donors (Lipinski definition) is 1. The quantitative estimate of drug-likeness (QED) is 0.523. The first-order valence-corrected chi connectivity index (χ1v) is 12.7. The van der Waals surface area contributed by atoms with Crippen LogP contribution in [0.15, 0.2) is 36.4 Å². The van der Waals surface area contributed by atoms with Crippen LogP contribution in [0.1, 0.15) is 34.3 Å². The lowest BCUT2D eigenvalue weighted by Crippen LogP contribution is -2.54. The predicted molar refractivity (Wildman–Crippen MR) is 133 cm³/mol. The van der Waals surface area contributed by atoms with E-state index in [9.17, 15) is 22.8 Å². The fraction of sp³-hybridized carbons (Fsp3) is 0.440. The Bertz CT molecular complexity index is 1320. The molecule has 2 aromatic carbocycles. The van der Waals surface area contributed by atoms with E-state index < -0.39 is 17.8 Å². The van der Waals surface area contributed by atoms with Crippen molar-refractivity contribution in [3.8, 4) is 0 Å². The van der Waals surface area contributed by atoms with Crippen LogP contribution in [0.3, 0.4) is 0 Å². The van der Waals surface area contributed by atoms with Crippen molar-refractivity contribution in [2.75, 3.05) is 39.3 Å². The molecule has 2 fully saturated rings. The zero-order valence-electron chi connectivity index (χ0n) is 20.4. The van der Waals surface area contributed by atoms with E-state index in [-0.39, 0.29) is 23.1 Å². The van der Waals surface area contributed by atoms with Crippen molar-refractivity contribution >= 4 is 34.6 Å². The fourth-order valence-corrected chi connectivity index (χ4v) is 5.25. The summed E-state index contributed by atoms with van der Waals surface area (Å²) in [6.07, 6.45) is -3.44. The Morgan fingerprint density at radius 2 is 1.66 bits per heavy atom. The number of aromatic amines is 1. The standard InChI is InChI=1S/C25H26ClF3N6O3/c26-19-12-16(11-18(14-19)25(27,28)29)15-38-24(37)35-9-7-33(8-10-35)20-3-5-34(6-4-20)23(36)17-1-2-21-22(13-17)31-32-30-21/h1-2,11-14,20H,3-10,15H2,(H,30,31,32). The number of piperidine rings is 1. The second kappa shape index (κ2) is 10.8. The number of rotatable bonds is 4. The molecule has 2 amide bonds. The zero-order valence-corrected chi connectivity index (χ0v) is 21.1. The summed E-state index contributed by atoms with van der Waals surface area (Å²) >= 11 is 5.80. The van der Waals surface area contributed by atoms with E-state index in [1.807, 2.05) is 4.90 Å². The maximum atomic E-state index is 13.0. The van der Waals surface area contributed by atoms with E-state index in [4.69, 9.17) is 16.3 Å². The molecular weight excluding hydrogens is 525 g/mol. The molecule has 0 atom stereocenters. The average Bonchev–Trinajstić information content (AvgIpc) is 3.39. The Morgan fingerprint density at radius 1 is 0.947 bits per heavy atom. The number of carbonyl (C=O) groups is 2. The molecule has 3 aromatic rings. The molecule has 202 valence electrons. The lowest BCUT2D eigenvalue weighted by molar-refractivity contribution is -0.137. The molecule has 2 aliphatic heterocycles. The minimum absolute atomic E-state index is 0.0250. The third-order valence-corrected chi connectivity index (χ3v) is 7.27. The van der Waals surface area contributed by atoms with Crippen LogP contribution in [0.25, 0.3) is 11.0 Å². The number of nitrogens with zero attached hydrogens (tertiary/aromatic N) is 5. The summed E-state index contributed by atoms with van der Waals surface area (Å²) in [5.41, 5.74) is 1.25. The van der Waals surface area contributed by atoms with Crippen LogP contribution in [-0.2, 0) is 17.5 Å². The van der Waals surface area contributed by atoms with Crippen molar-refractivity contribution in [1.82, 2.24) is 30.1 Å². The summed E-state index contributed by atoms with van der Waals surface area (Å²) in [5.74, 6) is -0.0250. The molecule has 38 heavy (non-hydrogen) atoms. The lowest BCUT2D eigenvalue weighted by Gasteiger charge is -2.42. The van der Waals surface area contributed by atoms with Gasteiger partial charge in [0.05, 0.1) is 5.56 Å². The Balaban J connectivity index is 1.07. The van der Waals surface area contributed by atoms with Crippen LogP contribution < -0.4 is 0 Å². The Hall–Kier alpha value is -3.38. The number of amides is 2. The first kappa shape index (κ1) is 26.2. The second-order valence-electron chi connectivity index (χ2n) is 9.47. The van der Waals surface area contributed by atoms with Crippen LogP contribution in [0.4, 0.5) is 18.0 Å². The number of fused-ring (bicyclic) bond motifs is 1. The van der Waals surface area contributed by atoms with Crippen molar-refractivity contribution in [3.05, 3.63) is 58.1 Å². The summed E-state index contributed by atoms with van der Waals surface area (Å²) in [4.78, 5) is 31.2. The van der Waals surface area contributed by atoms with E-state index in [2.05, 4.69) is 20.3 Å². The van der Waals surface area contributed by atoms with Crippen molar-refractivity contribution in [1.29, 1.82) is 0 Å². The number of H-pyrrole nitrogens is 1. The Labute approximate surface area is 221 Å². The second-order valence-corrected chi connectivity index (χ2v) is 9.91. The molecule has 1 N–H and O–H groups in total.